The molecule has 0 saturated carbocycles. The van der Waals surface area contributed by atoms with Crippen LogP contribution in [0.3, 0.4) is 0 Å². The van der Waals surface area contributed by atoms with Gasteiger partial charge in [0.25, 0.3) is 0 Å². The van der Waals surface area contributed by atoms with Gasteiger partial charge < -0.3 is 14.8 Å². The van der Waals surface area contributed by atoms with Gasteiger partial charge in [0, 0.05) is 30.4 Å². The number of amides is 1. The largest absolute Gasteiger partial charge is 0.497 e. The quantitative estimate of drug-likeness (QED) is 0.716. The summed E-state index contributed by atoms with van der Waals surface area (Å²) in [5.41, 5.74) is 1.05. The molecule has 9 heteroatoms. The van der Waals surface area contributed by atoms with Gasteiger partial charge in [-0.25, -0.2) is 8.42 Å². The number of benzene rings is 2. The predicted molar refractivity (Wildman–Crippen MR) is 111 cm³/mol. The summed E-state index contributed by atoms with van der Waals surface area (Å²) in [5.74, 6) is 0.855. The number of hydrogen-bond acceptors (Lipinski definition) is 5. The number of sulfonamides is 1. The second-order valence-electron chi connectivity index (χ2n) is 6.66. The summed E-state index contributed by atoms with van der Waals surface area (Å²) in [4.78, 5) is 12.5. The molecule has 29 heavy (non-hydrogen) atoms. The zero-order valence-corrected chi connectivity index (χ0v) is 17.8. The van der Waals surface area contributed by atoms with Crippen LogP contribution in [0, 0.1) is 0 Å². The predicted octanol–water partition coefficient (Wildman–Crippen LogP) is 3.32. The lowest BCUT2D eigenvalue weighted by Gasteiger charge is -2.17. The third kappa shape index (κ3) is 4.83. The van der Waals surface area contributed by atoms with Crippen LogP contribution < -0.4 is 14.8 Å². The molecular formula is C20H23ClN2O5S. The Hall–Kier alpha value is -2.29. The van der Waals surface area contributed by atoms with Gasteiger partial charge in [-0.3, -0.25) is 4.79 Å². The second-order valence-corrected chi connectivity index (χ2v) is 8.97. The van der Waals surface area contributed by atoms with Gasteiger partial charge in [0.15, 0.2) is 0 Å². The molecule has 3 rings (SSSR count). The van der Waals surface area contributed by atoms with Gasteiger partial charge in [0.2, 0.25) is 15.9 Å². The molecule has 2 aromatic rings. The maximum absolute atomic E-state index is 12.8. The monoisotopic (exact) mass is 438 g/mol. The highest BCUT2D eigenvalue weighted by Crippen LogP contribution is 2.30. The van der Waals surface area contributed by atoms with Crippen molar-refractivity contribution in [1.82, 2.24) is 4.31 Å². The van der Waals surface area contributed by atoms with E-state index in [9.17, 15) is 13.2 Å². The van der Waals surface area contributed by atoms with Gasteiger partial charge in [0.1, 0.15) is 16.4 Å². The molecule has 0 unspecified atom stereocenters. The zero-order chi connectivity index (χ0) is 21.0. The van der Waals surface area contributed by atoms with Crippen molar-refractivity contribution in [3.8, 4) is 11.5 Å². The number of anilines is 1. The molecule has 0 radical (unpaired) electrons. The molecule has 156 valence electrons. The number of carbonyl (C=O) groups excluding carboxylic acids is 1. The molecule has 0 atom stereocenters. The van der Waals surface area contributed by atoms with E-state index >= 15 is 0 Å². The highest BCUT2D eigenvalue weighted by molar-refractivity contribution is 7.89. The van der Waals surface area contributed by atoms with Crippen molar-refractivity contribution in [2.75, 3.05) is 32.6 Å². The van der Waals surface area contributed by atoms with E-state index in [4.69, 9.17) is 21.1 Å². The third-order valence-corrected chi connectivity index (χ3v) is 7.12. The molecule has 1 heterocycles. The molecule has 1 aliphatic heterocycles. The first kappa shape index (κ1) is 21.4. The minimum absolute atomic E-state index is 0.000828. The Morgan fingerprint density at radius 2 is 1.83 bits per heavy atom. The van der Waals surface area contributed by atoms with Gasteiger partial charge in [-0.05, 0) is 37.1 Å². The van der Waals surface area contributed by atoms with Gasteiger partial charge in [-0.1, -0.05) is 17.7 Å². The van der Waals surface area contributed by atoms with Crippen LogP contribution in [0.1, 0.15) is 18.4 Å². The van der Waals surface area contributed by atoms with E-state index in [0.29, 0.717) is 35.8 Å². The lowest BCUT2D eigenvalue weighted by Crippen LogP contribution is -2.28. The van der Waals surface area contributed by atoms with Gasteiger partial charge in [-0.2, -0.15) is 4.31 Å². The topological polar surface area (TPSA) is 84.9 Å². The highest BCUT2D eigenvalue weighted by atomic mass is 35.5. The van der Waals surface area contributed by atoms with Crippen molar-refractivity contribution < 1.29 is 22.7 Å². The van der Waals surface area contributed by atoms with E-state index in [1.807, 2.05) is 0 Å². The van der Waals surface area contributed by atoms with Crippen molar-refractivity contribution in [1.29, 1.82) is 0 Å². The first-order valence-electron chi connectivity index (χ1n) is 9.15. The van der Waals surface area contributed by atoms with Crippen molar-refractivity contribution >= 4 is 33.2 Å². The molecule has 1 fully saturated rings. The van der Waals surface area contributed by atoms with Crippen LogP contribution in [-0.4, -0.2) is 45.9 Å². The molecule has 2 aromatic carbocycles. The molecule has 1 amide bonds. The van der Waals surface area contributed by atoms with Crippen LogP contribution in [0.4, 0.5) is 5.69 Å². The second kappa shape index (κ2) is 9.02. The fraction of sp³-hybridized carbons (Fsp3) is 0.350. The van der Waals surface area contributed by atoms with Crippen LogP contribution in [0.5, 0.6) is 11.5 Å². The number of methoxy groups -OCH3 is 2. The number of hydrogen-bond donors (Lipinski definition) is 1. The SMILES string of the molecule is COc1ccc(CC(=O)Nc2ccc(Cl)c(S(=O)(=O)N3CCCC3)c2)c(OC)c1. The molecule has 1 saturated heterocycles. The summed E-state index contributed by atoms with van der Waals surface area (Å²) < 4.78 is 37.5. The first-order valence-corrected chi connectivity index (χ1v) is 11.0. The van der Waals surface area contributed by atoms with Crippen LogP contribution in [-0.2, 0) is 21.2 Å². The Morgan fingerprint density at radius 1 is 1.10 bits per heavy atom. The smallest absolute Gasteiger partial charge is 0.244 e. The number of nitrogens with one attached hydrogen (secondary N) is 1. The molecule has 0 aromatic heterocycles. The van der Waals surface area contributed by atoms with Gasteiger partial charge in [0.05, 0.1) is 25.7 Å². The standard InChI is InChI=1S/C20H23ClN2O5S/c1-27-16-7-5-14(18(13-16)28-2)11-20(24)22-15-6-8-17(21)19(12-15)29(25,26)23-9-3-4-10-23/h5-8,12-13H,3-4,9-11H2,1-2H3,(H,22,24). The lowest BCUT2D eigenvalue weighted by molar-refractivity contribution is -0.115. The Kier molecular flexibility index (Phi) is 6.66. The van der Waals surface area contributed by atoms with E-state index in [2.05, 4.69) is 5.32 Å². The lowest BCUT2D eigenvalue weighted by atomic mass is 10.1. The maximum Gasteiger partial charge on any atom is 0.244 e. The van der Waals surface area contributed by atoms with Crippen LogP contribution in [0.15, 0.2) is 41.3 Å². The number of halogens is 1. The van der Waals surface area contributed by atoms with E-state index in [-0.39, 0.29) is 22.2 Å². The first-order chi connectivity index (χ1) is 13.8. The third-order valence-electron chi connectivity index (χ3n) is 4.74. The van der Waals surface area contributed by atoms with Crippen molar-refractivity contribution in [2.24, 2.45) is 0 Å². The zero-order valence-electron chi connectivity index (χ0n) is 16.3. The Bertz CT molecular complexity index is 1000. The Labute approximate surface area is 175 Å². The minimum Gasteiger partial charge on any atom is -0.497 e. The minimum atomic E-state index is -3.69. The van der Waals surface area contributed by atoms with Crippen molar-refractivity contribution in [3.05, 3.63) is 47.0 Å². The highest BCUT2D eigenvalue weighted by Gasteiger charge is 2.29. The summed E-state index contributed by atoms with van der Waals surface area (Å²) >= 11 is 6.15. The van der Waals surface area contributed by atoms with Crippen LogP contribution in [0.25, 0.3) is 0 Å². The average Bonchev–Trinajstić information content (AvgIpc) is 3.25. The summed E-state index contributed by atoms with van der Waals surface area (Å²) in [6.07, 6.45) is 1.72. The van der Waals surface area contributed by atoms with Gasteiger partial charge >= 0.3 is 0 Å². The molecule has 1 N–H and O–H groups in total. The number of rotatable bonds is 7. The Morgan fingerprint density at radius 3 is 2.48 bits per heavy atom. The summed E-state index contributed by atoms with van der Waals surface area (Å²) in [5, 5.41) is 2.86. The normalized spacial score (nSPS) is 14.6. The fourth-order valence-electron chi connectivity index (χ4n) is 3.22. The maximum atomic E-state index is 12.8. The van der Waals surface area contributed by atoms with E-state index in [1.165, 1.54) is 23.5 Å². The molecule has 0 spiro atoms. The number of nitrogens with zero attached hydrogens (tertiary/aromatic N) is 1. The summed E-state index contributed by atoms with van der Waals surface area (Å²) in [6, 6.07) is 9.66. The Balaban J connectivity index is 1.78. The fourth-order valence-corrected chi connectivity index (χ4v) is 5.24. The van der Waals surface area contributed by atoms with E-state index in [1.54, 1.807) is 31.4 Å². The van der Waals surface area contributed by atoms with Crippen LogP contribution in [0.2, 0.25) is 5.02 Å². The molecule has 0 aliphatic carbocycles. The molecule has 0 bridgehead atoms. The molecule has 1 aliphatic rings. The molecule has 7 nitrogen and oxygen atoms in total. The summed E-state index contributed by atoms with van der Waals surface area (Å²) in [7, 11) is -0.619. The van der Waals surface area contributed by atoms with Crippen molar-refractivity contribution in [3.63, 3.8) is 0 Å². The van der Waals surface area contributed by atoms with Crippen LogP contribution >= 0.6 is 11.6 Å². The number of carbonyl (C=O) groups is 1. The van der Waals surface area contributed by atoms with Gasteiger partial charge in [-0.15, -0.1) is 0 Å². The van der Waals surface area contributed by atoms with Crippen molar-refractivity contribution in [2.45, 2.75) is 24.2 Å². The summed E-state index contributed by atoms with van der Waals surface area (Å²) in [6.45, 7) is 0.957. The van der Waals surface area contributed by atoms with E-state index in [0.717, 1.165) is 12.8 Å². The number of ether oxygens (including phenoxy) is 2. The average molecular weight is 439 g/mol. The van der Waals surface area contributed by atoms with E-state index < -0.39 is 10.0 Å². The molecular weight excluding hydrogens is 416 g/mol.